The Bertz CT molecular complexity index is 840. The Kier molecular flexibility index (Phi) is 6.94. The lowest BCUT2D eigenvalue weighted by atomic mass is 10.1. The van der Waals surface area contributed by atoms with Gasteiger partial charge in [0.25, 0.3) is 0 Å². The number of anilines is 1. The lowest BCUT2D eigenvalue weighted by Crippen LogP contribution is -2.13. The minimum absolute atomic E-state index is 0.131. The number of carbonyl (C=O) groups excluding carboxylic acids is 2. The van der Waals surface area contributed by atoms with Gasteiger partial charge in [-0.1, -0.05) is 24.6 Å². The van der Waals surface area contributed by atoms with Crippen LogP contribution < -0.4 is 5.32 Å². The largest absolute Gasteiger partial charge is 0.462 e. The monoisotopic (exact) mass is 395 g/mol. The first kappa shape index (κ1) is 20.1. The Morgan fingerprint density at radius 3 is 2.69 bits per heavy atom. The summed E-state index contributed by atoms with van der Waals surface area (Å²) in [4.78, 5) is 25.4. The number of halogens is 2. The van der Waals surface area contributed by atoms with Crippen LogP contribution in [0.5, 0.6) is 0 Å². The van der Waals surface area contributed by atoms with Crippen LogP contribution in [0.4, 0.5) is 9.39 Å². The number of aryl methyl sites for hydroxylation is 1. The first-order chi connectivity index (χ1) is 12.4. The Morgan fingerprint density at radius 1 is 1.35 bits per heavy atom. The molecule has 0 unspecified atom stereocenters. The topological polar surface area (TPSA) is 55.4 Å². The fraction of sp³-hybridized carbons (Fsp3) is 0.263. The zero-order valence-corrected chi connectivity index (χ0v) is 16.3. The zero-order chi connectivity index (χ0) is 19.3. The highest BCUT2D eigenvalue weighted by atomic mass is 35.5. The van der Waals surface area contributed by atoms with Crippen LogP contribution in [0, 0.1) is 12.7 Å². The molecule has 0 aliphatic rings. The standard InChI is InChI=1S/C19H19ClFNO3S/c1-4-12-11(3)26-18(17(12)19(24)25-5-2)22-16(23)10-9-13-14(20)7-6-8-15(13)21/h6-10H,4-5H2,1-3H3,(H,22,23)/b10-9+. The second kappa shape index (κ2) is 8.96. The van der Waals surface area contributed by atoms with Crippen molar-refractivity contribution < 1.29 is 18.7 Å². The van der Waals surface area contributed by atoms with Crippen LogP contribution in [0.25, 0.3) is 6.08 Å². The summed E-state index contributed by atoms with van der Waals surface area (Å²) < 4.78 is 18.9. The number of hydrogen-bond donors (Lipinski definition) is 1. The third-order valence-corrected chi connectivity index (χ3v) is 5.07. The highest BCUT2D eigenvalue weighted by molar-refractivity contribution is 7.16. The van der Waals surface area contributed by atoms with Crippen molar-refractivity contribution in [2.45, 2.75) is 27.2 Å². The van der Waals surface area contributed by atoms with Gasteiger partial charge in [0.2, 0.25) is 5.91 Å². The van der Waals surface area contributed by atoms with Gasteiger partial charge in [-0.05, 0) is 44.0 Å². The van der Waals surface area contributed by atoms with Gasteiger partial charge in [0.1, 0.15) is 10.8 Å². The normalized spacial score (nSPS) is 11.0. The number of thiophene rings is 1. The van der Waals surface area contributed by atoms with E-state index in [-0.39, 0.29) is 17.2 Å². The highest BCUT2D eigenvalue weighted by Crippen LogP contribution is 2.34. The maximum atomic E-state index is 13.8. The van der Waals surface area contributed by atoms with Gasteiger partial charge in [-0.2, -0.15) is 0 Å². The molecule has 0 aliphatic carbocycles. The molecule has 0 fully saturated rings. The lowest BCUT2D eigenvalue weighted by Gasteiger charge is -2.07. The summed E-state index contributed by atoms with van der Waals surface area (Å²) in [6.07, 6.45) is 3.13. The van der Waals surface area contributed by atoms with Crippen LogP contribution in [0.15, 0.2) is 24.3 Å². The average molecular weight is 396 g/mol. The molecular weight excluding hydrogens is 377 g/mol. The molecule has 1 aromatic carbocycles. The van der Waals surface area contributed by atoms with Crippen LogP contribution >= 0.6 is 22.9 Å². The highest BCUT2D eigenvalue weighted by Gasteiger charge is 2.23. The quantitative estimate of drug-likeness (QED) is 0.537. The van der Waals surface area contributed by atoms with Crippen LogP contribution in [0.3, 0.4) is 0 Å². The number of carbonyl (C=O) groups is 2. The Balaban J connectivity index is 2.26. The van der Waals surface area contributed by atoms with Crippen molar-refractivity contribution in [3.63, 3.8) is 0 Å². The molecule has 138 valence electrons. The molecule has 4 nitrogen and oxygen atoms in total. The van der Waals surface area contributed by atoms with Gasteiger partial charge in [-0.25, -0.2) is 9.18 Å². The van der Waals surface area contributed by atoms with E-state index in [1.54, 1.807) is 6.92 Å². The molecule has 1 heterocycles. The van der Waals surface area contributed by atoms with E-state index in [2.05, 4.69) is 5.32 Å². The van der Waals surface area contributed by atoms with Crippen LogP contribution in [-0.4, -0.2) is 18.5 Å². The number of hydrogen-bond acceptors (Lipinski definition) is 4. The van der Waals surface area contributed by atoms with Crippen molar-refractivity contribution in [2.75, 3.05) is 11.9 Å². The Hall–Kier alpha value is -2.18. The summed E-state index contributed by atoms with van der Waals surface area (Å²) in [6.45, 7) is 5.79. The Labute approximate surface area is 160 Å². The van der Waals surface area contributed by atoms with Crippen LogP contribution in [0.2, 0.25) is 5.02 Å². The van der Waals surface area contributed by atoms with Crippen molar-refractivity contribution in [1.82, 2.24) is 0 Å². The first-order valence-corrected chi connectivity index (χ1v) is 9.30. The summed E-state index contributed by atoms with van der Waals surface area (Å²) >= 11 is 7.24. The van der Waals surface area contributed by atoms with Crippen molar-refractivity contribution in [3.05, 3.63) is 56.7 Å². The molecule has 1 N–H and O–H groups in total. The van der Waals surface area contributed by atoms with E-state index in [1.165, 1.54) is 41.7 Å². The maximum absolute atomic E-state index is 13.8. The molecule has 1 aromatic heterocycles. The third-order valence-electron chi connectivity index (χ3n) is 3.68. The van der Waals surface area contributed by atoms with Gasteiger partial charge in [0.15, 0.2) is 0 Å². The van der Waals surface area contributed by atoms with Crippen molar-refractivity contribution >= 4 is 45.9 Å². The molecule has 2 aromatic rings. The SMILES string of the molecule is CCOC(=O)c1c(NC(=O)/C=C/c2c(F)cccc2Cl)sc(C)c1CC. The lowest BCUT2D eigenvalue weighted by molar-refractivity contribution is -0.111. The third kappa shape index (κ3) is 4.51. The maximum Gasteiger partial charge on any atom is 0.341 e. The van der Waals surface area contributed by atoms with Gasteiger partial charge < -0.3 is 10.1 Å². The Morgan fingerprint density at radius 2 is 2.08 bits per heavy atom. The fourth-order valence-electron chi connectivity index (χ4n) is 2.49. The number of esters is 1. The predicted octanol–water partition coefficient (Wildman–Crippen LogP) is 5.24. The van der Waals surface area contributed by atoms with Crippen molar-refractivity contribution in [1.29, 1.82) is 0 Å². The first-order valence-electron chi connectivity index (χ1n) is 8.11. The smallest absolute Gasteiger partial charge is 0.341 e. The molecule has 1 amide bonds. The molecule has 7 heteroatoms. The average Bonchev–Trinajstić information content (AvgIpc) is 2.89. The second-order valence-electron chi connectivity index (χ2n) is 5.37. The molecule has 0 bridgehead atoms. The number of benzene rings is 1. The fourth-order valence-corrected chi connectivity index (χ4v) is 3.86. The molecule has 0 saturated heterocycles. The van der Waals surface area contributed by atoms with Crippen molar-refractivity contribution in [3.8, 4) is 0 Å². The van der Waals surface area contributed by atoms with E-state index < -0.39 is 17.7 Å². The number of ether oxygens (including phenoxy) is 1. The summed E-state index contributed by atoms with van der Waals surface area (Å²) in [7, 11) is 0. The summed E-state index contributed by atoms with van der Waals surface area (Å²) in [5, 5.41) is 3.31. The van der Waals surface area contributed by atoms with Crippen molar-refractivity contribution in [2.24, 2.45) is 0 Å². The van der Waals surface area contributed by atoms with E-state index in [1.807, 2.05) is 13.8 Å². The van der Waals surface area contributed by atoms with E-state index in [0.717, 1.165) is 10.4 Å². The summed E-state index contributed by atoms with van der Waals surface area (Å²) in [6, 6.07) is 4.29. The molecule has 2 rings (SSSR count). The minimum Gasteiger partial charge on any atom is -0.462 e. The van der Waals surface area contributed by atoms with E-state index in [4.69, 9.17) is 16.3 Å². The molecule has 0 aliphatic heterocycles. The number of amides is 1. The van der Waals surface area contributed by atoms with E-state index in [9.17, 15) is 14.0 Å². The van der Waals surface area contributed by atoms with Gasteiger partial charge >= 0.3 is 5.97 Å². The summed E-state index contributed by atoms with van der Waals surface area (Å²) in [5.41, 5.74) is 1.36. The molecule has 0 atom stereocenters. The van der Waals surface area contributed by atoms with Gasteiger partial charge in [-0.3, -0.25) is 4.79 Å². The molecule has 0 spiro atoms. The second-order valence-corrected chi connectivity index (χ2v) is 7.00. The van der Waals surface area contributed by atoms with Gasteiger partial charge in [0.05, 0.1) is 17.2 Å². The van der Waals surface area contributed by atoms with Crippen LogP contribution in [0.1, 0.15) is 40.2 Å². The van der Waals surface area contributed by atoms with Gasteiger partial charge in [0, 0.05) is 16.5 Å². The van der Waals surface area contributed by atoms with Crippen LogP contribution in [-0.2, 0) is 16.0 Å². The molecule has 0 radical (unpaired) electrons. The van der Waals surface area contributed by atoms with Gasteiger partial charge in [-0.15, -0.1) is 11.3 Å². The zero-order valence-electron chi connectivity index (χ0n) is 14.7. The molecule has 0 saturated carbocycles. The van der Waals surface area contributed by atoms with E-state index >= 15 is 0 Å². The van der Waals surface area contributed by atoms with E-state index in [0.29, 0.717) is 17.0 Å². The molecular formula is C19H19ClFNO3S. The summed E-state index contributed by atoms with van der Waals surface area (Å²) in [5.74, 6) is -1.47. The molecule has 26 heavy (non-hydrogen) atoms. The predicted molar refractivity (Wildman–Crippen MR) is 103 cm³/mol. The minimum atomic E-state index is -0.519. The number of rotatable bonds is 6. The number of nitrogens with one attached hydrogen (secondary N) is 1.